The van der Waals surface area contributed by atoms with Gasteiger partial charge in [0.2, 0.25) is 5.91 Å². The zero-order chi connectivity index (χ0) is 12.8. The molecule has 0 aliphatic heterocycles. The van der Waals surface area contributed by atoms with Crippen LogP contribution in [0.25, 0.3) is 6.08 Å². The number of amides is 1. The van der Waals surface area contributed by atoms with Crippen molar-refractivity contribution < 1.29 is 19.1 Å². The molecule has 0 unspecified atom stereocenters. The molecule has 1 aromatic rings. The van der Waals surface area contributed by atoms with E-state index in [2.05, 4.69) is 4.74 Å². The van der Waals surface area contributed by atoms with Crippen LogP contribution in [0.5, 0.6) is 5.75 Å². The smallest absolute Gasteiger partial charge is 0.337 e. The van der Waals surface area contributed by atoms with Gasteiger partial charge in [-0.15, -0.1) is 0 Å². The van der Waals surface area contributed by atoms with E-state index in [1.165, 1.54) is 26.4 Å². The van der Waals surface area contributed by atoms with Gasteiger partial charge in [-0.25, -0.2) is 4.79 Å². The van der Waals surface area contributed by atoms with Crippen LogP contribution in [0.4, 0.5) is 0 Å². The Morgan fingerprint density at radius 2 is 2.00 bits per heavy atom. The number of rotatable bonds is 4. The van der Waals surface area contributed by atoms with Gasteiger partial charge >= 0.3 is 5.97 Å². The largest absolute Gasteiger partial charge is 0.496 e. The second-order valence-electron chi connectivity index (χ2n) is 3.18. The number of hydrogen-bond acceptors (Lipinski definition) is 4. The number of carbonyl (C=O) groups excluding carboxylic acids is 2. The zero-order valence-electron chi connectivity index (χ0n) is 9.60. The Hall–Kier alpha value is -2.30. The Morgan fingerprint density at radius 1 is 1.29 bits per heavy atom. The van der Waals surface area contributed by atoms with Crippen LogP contribution in [0, 0.1) is 0 Å². The van der Waals surface area contributed by atoms with Crippen molar-refractivity contribution >= 4 is 18.0 Å². The van der Waals surface area contributed by atoms with E-state index in [4.69, 9.17) is 10.5 Å². The molecule has 17 heavy (non-hydrogen) atoms. The highest BCUT2D eigenvalue weighted by atomic mass is 16.5. The molecule has 0 bridgehead atoms. The molecule has 0 aliphatic carbocycles. The molecule has 1 aromatic carbocycles. The summed E-state index contributed by atoms with van der Waals surface area (Å²) in [5.41, 5.74) is 5.95. The molecule has 0 saturated carbocycles. The lowest BCUT2D eigenvalue weighted by atomic mass is 10.1. The van der Waals surface area contributed by atoms with Crippen LogP contribution in [0.3, 0.4) is 0 Å². The quantitative estimate of drug-likeness (QED) is 0.623. The molecular formula is C12H13NO4. The number of esters is 1. The van der Waals surface area contributed by atoms with Crippen molar-refractivity contribution in [1.29, 1.82) is 0 Å². The number of methoxy groups -OCH3 is 2. The molecular weight excluding hydrogens is 222 g/mol. The Balaban J connectivity index is 3.15. The van der Waals surface area contributed by atoms with Crippen molar-refractivity contribution in [2.24, 2.45) is 5.73 Å². The fourth-order valence-electron chi connectivity index (χ4n) is 1.28. The van der Waals surface area contributed by atoms with Crippen LogP contribution >= 0.6 is 0 Å². The van der Waals surface area contributed by atoms with E-state index in [9.17, 15) is 9.59 Å². The van der Waals surface area contributed by atoms with Crippen molar-refractivity contribution in [1.82, 2.24) is 0 Å². The number of hydrogen-bond donors (Lipinski definition) is 1. The van der Waals surface area contributed by atoms with E-state index >= 15 is 0 Å². The summed E-state index contributed by atoms with van der Waals surface area (Å²) in [7, 11) is 2.79. The van der Waals surface area contributed by atoms with Crippen LogP contribution in [0.15, 0.2) is 24.3 Å². The molecule has 5 heteroatoms. The maximum absolute atomic E-state index is 11.3. The van der Waals surface area contributed by atoms with Crippen LogP contribution in [0.1, 0.15) is 15.9 Å². The molecule has 0 fully saturated rings. The molecule has 0 radical (unpaired) electrons. The summed E-state index contributed by atoms with van der Waals surface area (Å²) < 4.78 is 9.69. The van der Waals surface area contributed by atoms with Gasteiger partial charge in [0.05, 0.1) is 19.8 Å². The third kappa shape index (κ3) is 3.34. The van der Waals surface area contributed by atoms with Gasteiger partial charge in [0.25, 0.3) is 0 Å². The topological polar surface area (TPSA) is 78.6 Å². The van der Waals surface area contributed by atoms with Crippen molar-refractivity contribution in [3.63, 3.8) is 0 Å². The summed E-state index contributed by atoms with van der Waals surface area (Å²) in [6, 6.07) is 4.75. The first-order chi connectivity index (χ1) is 8.08. The molecule has 5 nitrogen and oxygen atoms in total. The summed E-state index contributed by atoms with van der Waals surface area (Å²) in [5, 5.41) is 0. The SMILES string of the molecule is COC(=O)c1ccc(OC)c(C=CC(N)=O)c1. The Bertz CT molecular complexity index is 466. The van der Waals surface area contributed by atoms with Crippen molar-refractivity contribution in [2.75, 3.05) is 14.2 Å². The number of benzene rings is 1. The lowest BCUT2D eigenvalue weighted by molar-refractivity contribution is -0.113. The van der Waals surface area contributed by atoms with E-state index in [-0.39, 0.29) is 0 Å². The van der Waals surface area contributed by atoms with E-state index < -0.39 is 11.9 Å². The molecule has 0 spiro atoms. The Kier molecular flexibility index (Phi) is 4.28. The monoisotopic (exact) mass is 235 g/mol. The van der Waals surface area contributed by atoms with Crippen LogP contribution in [-0.2, 0) is 9.53 Å². The van der Waals surface area contributed by atoms with Gasteiger partial charge in [0.1, 0.15) is 5.75 Å². The molecule has 0 saturated heterocycles. The number of ether oxygens (including phenoxy) is 2. The minimum atomic E-state index is -0.574. The highest BCUT2D eigenvalue weighted by Crippen LogP contribution is 2.21. The Morgan fingerprint density at radius 3 is 2.53 bits per heavy atom. The molecule has 2 N–H and O–H groups in total. The normalized spacial score (nSPS) is 10.2. The summed E-state index contributed by atoms with van der Waals surface area (Å²) in [4.78, 5) is 22.0. The molecule has 90 valence electrons. The van der Waals surface area contributed by atoms with E-state index in [0.717, 1.165) is 0 Å². The first-order valence-corrected chi connectivity index (χ1v) is 4.82. The zero-order valence-corrected chi connectivity index (χ0v) is 9.60. The molecule has 0 aromatic heterocycles. The average molecular weight is 235 g/mol. The van der Waals surface area contributed by atoms with Gasteiger partial charge < -0.3 is 15.2 Å². The predicted octanol–water partition coefficient (Wildman–Crippen LogP) is 0.980. The number of nitrogens with two attached hydrogens (primary N) is 1. The van der Waals surface area contributed by atoms with Gasteiger partial charge in [0, 0.05) is 11.6 Å². The molecule has 0 heterocycles. The fourth-order valence-corrected chi connectivity index (χ4v) is 1.28. The van der Waals surface area contributed by atoms with Crippen molar-refractivity contribution in [3.8, 4) is 5.75 Å². The predicted molar refractivity (Wildman–Crippen MR) is 62.6 cm³/mol. The second kappa shape index (κ2) is 5.69. The molecule has 1 amide bonds. The van der Waals surface area contributed by atoms with Gasteiger partial charge in [-0.2, -0.15) is 0 Å². The highest BCUT2D eigenvalue weighted by Gasteiger charge is 2.08. The average Bonchev–Trinajstić information content (AvgIpc) is 2.34. The fraction of sp³-hybridized carbons (Fsp3) is 0.167. The molecule has 1 rings (SSSR count). The minimum absolute atomic E-state index is 0.373. The summed E-state index contributed by atoms with van der Waals surface area (Å²) >= 11 is 0. The first-order valence-electron chi connectivity index (χ1n) is 4.82. The van der Waals surface area contributed by atoms with Crippen LogP contribution < -0.4 is 10.5 Å². The van der Waals surface area contributed by atoms with Crippen molar-refractivity contribution in [3.05, 3.63) is 35.4 Å². The van der Waals surface area contributed by atoms with Crippen molar-refractivity contribution in [2.45, 2.75) is 0 Å². The minimum Gasteiger partial charge on any atom is -0.496 e. The molecule has 0 atom stereocenters. The number of primary amides is 1. The maximum atomic E-state index is 11.3. The van der Waals surface area contributed by atoms with Crippen LogP contribution in [0.2, 0.25) is 0 Å². The highest BCUT2D eigenvalue weighted by molar-refractivity contribution is 5.93. The first kappa shape index (κ1) is 12.8. The summed E-state index contributed by atoms with van der Waals surface area (Å²) in [5.74, 6) is -0.493. The van der Waals surface area contributed by atoms with E-state index in [1.54, 1.807) is 18.2 Å². The van der Waals surface area contributed by atoms with Gasteiger partial charge in [-0.05, 0) is 24.3 Å². The van der Waals surface area contributed by atoms with E-state index in [1.807, 2.05) is 0 Å². The second-order valence-corrected chi connectivity index (χ2v) is 3.18. The standard InChI is InChI=1S/C12H13NO4/c1-16-10-5-3-9(12(15)17-2)7-8(10)4-6-11(13)14/h3-7H,1-2H3,(H2,13,14). The van der Waals surface area contributed by atoms with Gasteiger partial charge in [0.15, 0.2) is 0 Å². The van der Waals surface area contributed by atoms with Crippen LogP contribution in [-0.4, -0.2) is 26.1 Å². The maximum Gasteiger partial charge on any atom is 0.337 e. The third-order valence-corrected chi connectivity index (χ3v) is 2.08. The van der Waals surface area contributed by atoms with Gasteiger partial charge in [-0.3, -0.25) is 4.79 Å². The lowest BCUT2D eigenvalue weighted by Gasteiger charge is -2.06. The lowest BCUT2D eigenvalue weighted by Crippen LogP contribution is -2.05. The summed E-state index contributed by atoms with van der Waals surface area (Å²) in [6.45, 7) is 0. The van der Waals surface area contributed by atoms with E-state index in [0.29, 0.717) is 16.9 Å². The molecule has 0 aliphatic rings. The third-order valence-electron chi connectivity index (χ3n) is 2.08. The summed E-state index contributed by atoms with van der Waals surface area (Å²) in [6.07, 6.45) is 2.67. The van der Waals surface area contributed by atoms with Gasteiger partial charge in [-0.1, -0.05) is 0 Å². The Labute approximate surface area is 98.8 Å². The number of carbonyl (C=O) groups is 2.